The predicted molar refractivity (Wildman–Crippen MR) is 134 cm³/mol. The number of amides is 1. The zero-order chi connectivity index (χ0) is 23.8. The molecule has 2 aromatic carbocycles. The molecule has 2 aliphatic rings. The van der Waals surface area contributed by atoms with Gasteiger partial charge in [-0.3, -0.25) is 19.5 Å². The third-order valence-electron chi connectivity index (χ3n) is 6.77. The van der Waals surface area contributed by atoms with Crippen molar-refractivity contribution in [1.29, 1.82) is 0 Å². The molecular weight excluding hydrogens is 428 g/mol. The Morgan fingerprint density at radius 3 is 2.15 bits per heavy atom. The molecule has 2 heterocycles. The summed E-state index contributed by atoms with van der Waals surface area (Å²) in [5.41, 5.74) is 2.66. The van der Waals surface area contributed by atoms with Gasteiger partial charge in [-0.1, -0.05) is 29.8 Å². The average Bonchev–Trinajstić information content (AvgIpc) is 2.86. The summed E-state index contributed by atoms with van der Waals surface area (Å²) in [7, 11) is 1.66. The number of carbonyl (C=O) groups is 1. The number of ether oxygens (including phenoxy) is 2. The van der Waals surface area contributed by atoms with E-state index in [1.807, 2.05) is 29.2 Å². The first-order valence-corrected chi connectivity index (χ1v) is 12.4. The van der Waals surface area contributed by atoms with Gasteiger partial charge in [0, 0.05) is 65.4 Å². The van der Waals surface area contributed by atoms with E-state index in [9.17, 15) is 4.79 Å². The Labute approximate surface area is 203 Å². The van der Waals surface area contributed by atoms with Crippen molar-refractivity contribution in [1.82, 2.24) is 19.6 Å². The Kier molecular flexibility index (Phi) is 8.79. The number of hydrogen-bond acceptors (Lipinski definition) is 6. The van der Waals surface area contributed by atoms with Crippen LogP contribution >= 0.6 is 0 Å². The predicted octanol–water partition coefficient (Wildman–Crippen LogP) is 2.34. The zero-order valence-corrected chi connectivity index (χ0v) is 20.6. The molecule has 2 fully saturated rings. The molecule has 7 heteroatoms. The van der Waals surface area contributed by atoms with Crippen molar-refractivity contribution in [2.45, 2.75) is 13.5 Å². The Bertz CT molecular complexity index is 904. The fraction of sp³-hybridized carbons (Fsp3) is 0.519. The first-order chi connectivity index (χ1) is 16.6. The van der Waals surface area contributed by atoms with Crippen LogP contribution in [0, 0.1) is 6.92 Å². The minimum atomic E-state index is 0.270. The molecule has 0 aromatic heterocycles. The first-order valence-electron chi connectivity index (χ1n) is 12.4. The van der Waals surface area contributed by atoms with Crippen molar-refractivity contribution in [3.8, 4) is 11.5 Å². The normalized spacial score (nSPS) is 18.1. The van der Waals surface area contributed by atoms with Crippen LogP contribution in [0.15, 0.2) is 48.5 Å². The summed E-state index contributed by atoms with van der Waals surface area (Å²) in [6.07, 6.45) is 0. The lowest BCUT2D eigenvalue weighted by atomic mass is 10.1. The summed E-state index contributed by atoms with van der Waals surface area (Å²) in [6.45, 7) is 12.6. The number of piperazine rings is 2. The van der Waals surface area contributed by atoms with E-state index in [4.69, 9.17) is 9.47 Å². The number of aryl methyl sites for hydroxylation is 1. The fourth-order valence-electron chi connectivity index (χ4n) is 4.65. The molecule has 0 unspecified atom stereocenters. The van der Waals surface area contributed by atoms with E-state index in [2.05, 4.69) is 45.9 Å². The molecule has 0 N–H and O–H groups in total. The molecular formula is C27H38N4O3. The number of benzene rings is 2. The average molecular weight is 467 g/mol. The quantitative estimate of drug-likeness (QED) is 0.566. The second-order valence-electron chi connectivity index (χ2n) is 9.29. The van der Waals surface area contributed by atoms with Crippen molar-refractivity contribution in [3.05, 3.63) is 59.7 Å². The number of nitrogens with zero attached hydrogens (tertiary/aromatic N) is 4. The molecule has 2 saturated heterocycles. The SMILES string of the molecule is COc1ccc(OCCN2CCN(CC(=O)N3CCN(Cc4cccc(C)c4)CC3)CC2)cc1. The molecule has 0 saturated carbocycles. The maximum Gasteiger partial charge on any atom is 0.236 e. The molecule has 184 valence electrons. The molecule has 34 heavy (non-hydrogen) atoms. The van der Waals surface area contributed by atoms with Crippen molar-refractivity contribution in [2.24, 2.45) is 0 Å². The van der Waals surface area contributed by atoms with Gasteiger partial charge in [0.05, 0.1) is 13.7 Å². The monoisotopic (exact) mass is 466 g/mol. The molecule has 0 spiro atoms. The maximum atomic E-state index is 12.9. The third kappa shape index (κ3) is 7.19. The topological polar surface area (TPSA) is 48.5 Å². The molecule has 0 bridgehead atoms. The van der Waals surface area contributed by atoms with Gasteiger partial charge in [0.15, 0.2) is 0 Å². The van der Waals surface area contributed by atoms with Crippen LogP contribution in [0.1, 0.15) is 11.1 Å². The van der Waals surface area contributed by atoms with E-state index in [0.29, 0.717) is 13.2 Å². The van der Waals surface area contributed by atoms with Crippen molar-refractivity contribution in [3.63, 3.8) is 0 Å². The van der Waals surface area contributed by atoms with E-state index < -0.39 is 0 Å². The summed E-state index contributed by atoms with van der Waals surface area (Å²) in [4.78, 5) is 22.1. The van der Waals surface area contributed by atoms with Crippen LogP contribution in [0.25, 0.3) is 0 Å². The summed E-state index contributed by atoms with van der Waals surface area (Å²) >= 11 is 0. The molecule has 2 aromatic rings. The summed E-state index contributed by atoms with van der Waals surface area (Å²) < 4.78 is 11.0. The highest BCUT2D eigenvalue weighted by Gasteiger charge is 2.24. The van der Waals surface area contributed by atoms with Gasteiger partial charge < -0.3 is 14.4 Å². The van der Waals surface area contributed by atoms with Gasteiger partial charge in [0.25, 0.3) is 0 Å². The van der Waals surface area contributed by atoms with Gasteiger partial charge in [-0.25, -0.2) is 0 Å². The molecule has 1 amide bonds. The molecule has 0 radical (unpaired) electrons. The minimum Gasteiger partial charge on any atom is -0.497 e. The second-order valence-corrected chi connectivity index (χ2v) is 9.29. The van der Waals surface area contributed by atoms with Gasteiger partial charge >= 0.3 is 0 Å². The number of carbonyl (C=O) groups excluding carboxylic acids is 1. The van der Waals surface area contributed by atoms with Crippen LogP contribution in [0.2, 0.25) is 0 Å². The Balaban J connectivity index is 1.10. The van der Waals surface area contributed by atoms with E-state index in [0.717, 1.165) is 76.9 Å². The summed E-state index contributed by atoms with van der Waals surface area (Å²) in [5.74, 6) is 1.97. The molecule has 2 aliphatic heterocycles. The van der Waals surface area contributed by atoms with E-state index in [-0.39, 0.29) is 5.91 Å². The Morgan fingerprint density at radius 2 is 1.47 bits per heavy atom. The highest BCUT2D eigenvalue weighted by Crippen LogP contribution is 2.17. The largest absolute Gasteiger partial charge is 0.497 e. The zero-order valence-electron chi connectivity index (χ0n) is 20.6. The summed E-state index contributed by atoms with van der Waals surface area (Å²) in [6, 6.07) is 16.4. The smallest absolute Gasteiger partial charge is 0.236 e. The summed E-state index contributed by atoms with van der Waals surface area (Å²) in [5, 5.41) is 0. The standard InChI is InChI=1S/C27H38N4O3/c1-23-4-3-5-24(20-23)21-29-14-16-31(17-15-29)27(32)22-30-12-10-28(11-13-30)18-19-34-26-8-6-25(33-2)7-9-26/h3-9,20H,10-19,21-22H2,1-2H3. The molecule has 0 aliphatic carbocycles. The van der Waals surface area contributed by atoms with Gasteiger partial charge in [-0.15, -0.1) is 0 Å². The molecule has 4 rings (SSSR count). The lowest BCUT2D eigenvalue weighted by Gasteiger charge is -2.38. The number of rotatable bonds is 9. The van der Waals surface area contributed by atoms with Crippen LogP contribution in [0.3, 0.4) is 0 Å². The Hall–Kier alpha value is -2.61. The third-order valence-corrected chi connectivity index (χ3v) is 6.77. The second kappa shape index (κ2) is 12.2. The lowest BCUT2D eigenvalue weighted by molar-refractivity contribution is -0.134. The first kappa shape index (κ1) is 24.5. The van der Waals surface area contributed by atoms with Crippen LogP contribution in [-0.4, -0.2) is 105 Å². The fourth-order valence-corrected chi connectivity index (χ4v) is 4.65. The maximum absolute atomic E-state index is 12.9. The minimum absolute atomic E-state index is 0.270. The lowest BCUT2D eigenvalue weighted by Crippen LogP contribution is -2.53. The van der Waals surface area contributed by atoms with Crippen LogP contribution < -0.4 is 9.47 Å². The number of hydrogen-bond donors (Lipinski definition) is 0. The van der Waals surface area contributed by atoms with Crippen LogP contribution in [-0.2, 0) is 11.3 Å². The molecule has 7 nitrogen and oxygen atoms in total. The van der Waals surface area contributed by atoms with E-state index in [1.54, 1.807) is 7.11 Å². The highest BCUT2D eigenvalue weighted by molar-refractivity contribution is 5.78. The van der Waals surface area contributed by atoms with Crippen molar-refractivity contribution < 1.29 is 14.3 Å². The highest BCUT2D eigenvalue weighted by atomic mass is 16.5. The van der Waals surface area contributed by atoms with Gasteiger partial charge in [0.2, 0.25) is 5.91 Å². The van der Waals surface area contributed by atoms with Gasteiger partial charge in [0.1, 0.15) is 18.1 Å². The van der Waals surface area contributed by atoms with Gasteiger partial charge in [-0.05, 0) is 36.8 Å². The Morgan fingerprint density at radius 1 is 0.824 bits per heavy atom. The van der Waals surface area contributed by atoms with Gasteiger partial charge in [-0.2, -0.15) is 0 Å². The van der Waals surface area contributed by atoms with E-state index in [1.165, 1.54) is 11.1 Å². The van der Waals surface area contributed by atoms with E-state index >= 15 is 0 Å². The van der Waals surface area contributed by atoms with Crippen LogP contribution in [0.5, 0.6) is 11.5 Å². The molecule has 0 atom stereocenters. The van der Waals surface area contributed by atoms with Crippen molar-refractivity contribution >= 4 is 5.91 Å². The number of methoxy groups -OCH3 is 1. The van der Waals surface area contributed by atoms with Crippen LogP contribution in [0.4, 0.5) is 0 Å². The van der Waals surface area contributed by atoms with Crippen molar-refractivity contribution in [2.75, 3.05) is 79.2 Å².